The summed E-state index contributed by atoms with van der Waals surface area (Å²) >= 11 is 0. The fourth-order valence-electron chi connectivity index (χ4n) is 2.31. The lowest BCUT2D eigenvalue weighted by Gasteiger charge is -2.20. The highest BCUT2D eigenvalue weighted by Crippen LogP contribution is 2.26. The van der Waals surface area contributed by atoms with Crippen LogP contribution in [0, 0.1) is 27.4 Å². The summed E-state index contributed by atoms with van der Waals surface area (Å²) in [6, 6.07) is 6.21. The second kappa shape index (κ2) is 6.15. The molecule has 1 aliphatic carbocycles. The van der Waals surface area contributed by atoms with E-state index in [0.717, 1.165) is 25.0 Å². The standard InChI is InChI=1S/C14H16N4O2/c1-10-4-2-3-5-12(10)16-17-13-7-6-11(9-15)8-14(13)18(19)20/h6-8,10,17H,2-5H2,1H3/b16-12-. The van der Waals surface area contributed by atoms with Gasteiger partial charge in [-0.05, 0) is 37.3 Å². The summed E-state index contributed by atoms with van der Waals surface area (Å²) in [5.74, 6) is 0.411. The normalized spacial score (nSPS) is 20.4. The van der Waals surface area contributed by atoms with Crippen LogP contribution in [-0.2, 0) is 0 Å². The smallest absolute Gasteiger partial charge is 0.272 e. The summed E-state index contributed by atoms with van der Waals surface area (Å²) in [6.07, 6.45) is 4.35. The number of nitrogens with one attached hydrogen (secondary N) is 1. The Hall–Kier alpha value is -2.42. The molecule has 0 saturated heterocycles. The summed E-state index contributed by atoms with van der Waals surface area (Å²) in [4.78, 5) is 10.5. The fourth-order valence-corrected chi connectivity index (χ4v) is 2.31. The maximum atomic E-state index is 11.0. The summed E-state index contributed by atoms with van der Waals surface area (Å²) in [7, 11) is 0. The van der Waals surface area contributed by atoms with Crippen molar-refractivity contribution in [3.8, 4) is 6.07 Å². The summed E-state index contributed by atoms with van der Waals surface area (Å²) < 4.78 is 0. The zero-order valence-electron chi connectivity index (χ0n) is 11.3. The van der Waals surface area contributed by atoms with E-state index in [2.05, 4.69) is 17.5 Å². The van der Waals surface area contributed by atoms with Gasteiger partial charge in [0.05, 0.1) is 16.6 Å². The van der Waals surface area contributed by atoms with Crippen LogP contribution in [0.25, 0.3) is 0 Å². The van der Waals surface area contributed by atoms with E-state index in [1.54, 1.807) is 6.07 Å². The number of nitrogens with zero attached hydrogens (tertiary/aromatic N) is 3. The van der Waals surface area contributed by atoms with E-state index in [-0.39, 0.29) is 11.3 Å². The third-order valence-electron chi connectivity index (χ3n) is 3.53. The van der Waals surface area contributed by atoms with E-state index in [0.29, 0.717) is 11.6 Å². The van der Waals surface area contributed by atoms with Crippen LogP contribution in [0.15, 0.2) is 23.3 Å². The molecule has 0 aliphatic heterocycles. The second-order valence-corrected chi connectivity index (χ2v) is 4.96. The molecule has 1 unspecified atom stereocenters. The Labute approximate surface area is 117 Å². The molecule has 1 N–H and O–H groups in total. The topological polar surface area (TPSA) is 91.3 Å². The number of nitro groups is 1. The van der Waals surface area contributed by atoms with Crippen molar-refractivity contribution < 1.29 is 4.92 Å². The van der Waals surface area contributed by atoms with Gasteiger partial charge in [-0.15, -0.1) is 0 Å². The number of rotatable bonds is 3. The number of nitriles is 1. The van der Waals surface area contributed by atoms with Crippen LogP contribution >= 0.6 is 0 Å². The Kier molecular flexibility index (Phi) is 4.31. The first kappa shape index (κ1) is 14.0. The van der Waals surface area contributed by atoms with Crippen molar-refractivity contribution in [1.29, 1.82) is 5.26 Å². The molecule has 6 heteroatoms. The van der Waals surface area contributed by atoms with Gasteiger partial charge in [0.2, 0.25) is 0 Å². The molecule has 1 aromatic rings. The first-order chi connectivity index (χ1) is 9.61. The molecule has 2 rings (SSSR count). The van der Waals surface area contributed by atoms with Gasteiger partial charge in [0.15, 0.2) is 0 Å². The third kappa shape index (κ3) is 3.12. The molecular formula is C14H16N4O2. The molecule has 1 aliphatic rings. The Morgan fingerprint density at radius 2 is 2.30 bits per heavy atom. The van der Waals surface area contributed by atoms with Crippen molar-refractivity contribution in [2.45, 2.75) is 32.6 Å². The van der Waals surface area contributed by atoms with E-state index < -0.39 is 4.92 Å². The summed E-state index contributed by atoms with van der Waals surface area (Å²) in [5.41, 5.74) is 4.29. The van der Waals surface area contributed by atoms with Crippen LogP contribution in [0.4, 0.5) is 11.4 Å². The van der Waals surface area contributed by atoms with Gasteiger partial charge in [-0.1, -0.05) is 13.3 Å². The number of hydrogen-bond donors (Lipinski definition) is 1. The fraction of sp³-hybridized carbons (Fsp3) is 0.429. The highest BCUT2D eigenvalue weighted by atomic mass is 16.6. The zero-order valence-corrected chi connectivity index (χ0v) is 11.3. The highest BCUT2D eigenvalue weighted by Gasteiger charge is 2.18. The maximum Gasteiger partial charge on any atom is 0.295 e. The van der Waals surface area contributed by atoms with Crippen LogP contribution in [0.3, 0.4) is 0 Å². The van der Waals surface area contributed by atoms with Gasteiger partial charge >= 0.3 is 0 Å². The predicted octanol–water partition coefficient (Wildman–Crippen LogP) is 3.44. The molecule has 1 saturated carbocycles. The van der Waals surface area contributed by atoms with Gasteiger partial charge < -0.3 is 0 Å². The Bertz CT molecular complexity index is 589. The molecule has 1 fully saturated rings. The van der Waals surface area contributed by atoms with Gasteiger partial charge in [-0.25, -0.2) is 0 Å². The van der Waals surface area contributed by atoms with E-state index in [1.165, 1.54) is 18.6 Å². The molecule has 0 spiro atoms. The molecule has 0 bridgehead atoms. The predicted molar refractivity (Wildman–Crippen MR) is 76.5 cm³/mol. The van der Waals surface area contributed by atoms with Crippen LogP contribution < -0.4 is 5.43 Å². The van der Waals surface area contributed by atoms with E-state index in [4.69, 9.17) is 5.26 Å². The largest absolute Gasteiger partial charge is 0.295 e. The Balaban J connectivity index is 2.23. The van der Waals surface area contributed by atoms with Crippen molar-refractivity contribution in [1.82, 2.24) is 0 Å². The van der Waals surface area contributed by atoms with E-state index >= 15 is 0 Å². The minimum Gasteiger partial charge on any atom is -0.272 e. The molecule has 0 aromatic heterocycles. The number of hydrogen-bond acceptors (Lipinski definition) is 5. The molecule has 1 aromatic carbocycles. The molecule has 1 atom stereocenters. The Morgan fingerprint density at radius 1 is 1.50 bits per heavy atom. The van der Waals surface area contributed by atoms with Crippen LogP contribution in [0.2, 0.25) is 0 Å². The molecule has 104 valence electrons. The minimum absolute atomic E-state index is 0.128. The first-order valence-electron chi connectivity index (χ1n) is 6.63. The summed E-state index contributed by atoms with van der Waals surface area (Å²) in [6.45, 7) is 2.12. The Morgan fingerprint density at radius 3 is 2.95 bits per heavy atom. The van der Waals surface area contributed by atoms with Gasteiger partial charge in [-0.3, -0.25) is 15.5 Å². The molecule has 0 radical (unpaired) electrons. The van der Waals surface area contributed by atoms with Crippen molar-refractivity contribution in [3.05, 3.63) is 33.9 Å². The molecule has 0 amide bonds. The van der Waals surface area contributed by atoms with Crippen molar-refractivity contribution in [2.75, 3.05) is 5.43 Å². The van der Waals surface area contributed by atoms with Gasteiger partial charge in [0.25, 0.3) is 5.69 Å². The van der Waals surface area contributed by atoms with E-state index in [9.17, 15) is 10.1 Å². The number of nitro benzene ring substituents is 1. The summed E-state index contributed by atoms with van der Waals surface area (Å²) in [5, 5.41) is 24.1. The third-order valence-corrected chi connectivity index (χ3v) is 3.53. The SMILES string of the molecule is CC1CCCC/C1=N/Nc1ccc(C#N)cc1[N+](=O)[O-]. The van der Waals surface area contributed by atoms with Gasteiger partial charge in [0.1, 0.15) is 5.69 Å². The highest BCUT2D eigenvalue weighted by molar-refractivity contribution is 5.88. The lowest BCUT2D eigenvalue weighted by molar-refractivity contribution is -0.384. The molecule has 0 heterocycles. The first-order valence-corrected chi connectivity index (χ1v) is 6.63. The molecule has 6 nitrogen and oxygen atoms in total. The second-order valence-electron chi connectivity index (χ2n) is 4.96. The molecular weight excluding hydrogens is 256 g/mol. The number of hydrazone groups is 1. The monoisotopic (exact) mass is 272 g/mol. The van der Waals surface area contributed by atoms with Crippen LogP contribution in [0.5, 0.6) is 0 Å². The number of benzene rings is 1. The van der Waals surface area contributed by atoms with Crippen molar-refractivity contribution in [2.24, 2.45) is 11.0 Å². The average molecular weight is 272 g/mol. The average Bonchev–Trinajstić information content (AvgIpc) is 2.46. The lowest BCUT2D eigenvalue weighted by atomic mass is 9.89. The quantitative estimate of drug-likeness (QED) is 0.673. The number of anilines is 1. The minimum atomic E-state index is -0.506. The van der Waals surface area contributed by atoms with Crippen molar-refractivity contribution >= 4 is 17.1 Å². The van der Waals surface area contributed by atoms with E-state index in [1.807, 2.05) is 6.07 Å². The lowest BCUT2D eigenvalue weighted by Crippen LogP contribution is -2.17. The van der Waals surface area contributed by atoms with Gasteiger partial charge in [-0.2, -0.15) is 10.4 Å². The van der Waals surface area contributed by atoms with Crippen molar-refractivity contribution in [3.63, 3.8) is 0 Å². The van der Waals surface area contributed by atoms with Gasteiger partial charge in [0, 0.05) is 11.8 Å². The maximum absolute atomic E-state index is 11.0. The van der Waals surface area contributed by atoms with Crippen LogP contribution in [0.1, 0.15) is 38.2 Å². The van der Waals surface area contributed by atoms with Crippen LogP contribution in [-0.4, -0.2) is 10.6 Å². The molecule has 20 heavy (non-hydrogen) atoms. The zero-order chi connectivity index (χ0) is 14.5.